The highest BCUT2D eigenvalue weighted by molar-refractivity contribution is 5.74. The van der Waals surface area contributed by atoms with E-state index in [-0.39, 0.29) is 5.82 Å². The van der Waals surface area contributed by atoms with Gasteiger partial charge in [0.05, 0.1) is 0 Å². The van der Waals surface area contributed by atoms with E-state index in [4.69, 9.17) is 0 Å². The minimum atomic E-state index is -0.231. The van der Waals surface area contributed by atoms with Crippen LogP contribution in [0.15, 0.2) is 48.8 Å². The largest absolute Gasteiger partial charge is 0.248 e. The van der Waals surface area contributed by atoms with Crippen molar-refractivity contribution in [1.29, 1.82) is 0 Å². The van der Waals surface area contributed by atoms with E-state index < -0.39 is 0 Å². The van der Waals surface area contributed by atoms with Gasteiger partial charge in [-0.3, -0.25) is 0 Å². The highest BCUT2D eigenvalue weighted by atomic mass is 19.1. The molecule has 1 aromatic carbocycles. The zero-order chi connectivity index (χ0) is 11.8. The van der Waals surface area contributed by atoms with Gasteiger partial charge in [-0.15, -0.1) is 9.36 Å². The van der Waals surface area contributed by atoms with Gasteiger partial charge < -0.3 is 0 Å². The number of halogens is 1. The van der Waals surface area contributed by atoms with E-state index in [1.54, 1.807) is 18.3 Å². The second kappa shape index (κ2) is 3.66. The molecule has 4 heteroatoms. The molecule has 0 saturated carbocycles. The predicted molar refractivity (Wildman–Crippen MR) is 62.2 cm³/mol. The van der Waals surface area contributed by atoms with E-state index >= 15 is 0 Å². The number of pyridine rings is 1. The number of hydrogen-bond acceptors (Lipinski definition) is 1. The Balaban J connectivity index is 2.29. The first-order valence-electron chi connectivity index (χ1n) is 5.34. The highest BCUT2D eigenvalue weighted by Gasteiger charge is 2.14. The molecule has 2 heterocycles. The van der Waals surface area contributed by atoms with Crippen molar-refractivity contribution in [2.45, 2.75) is 0 Å². The summed E-state index contributed by atoms with van der Waals surface area (Å²) in [5.41, 5.74) is 2.83. The van der Waals surface area contributed by atoms with Gasteiger partial charge in [0.25, 0.3) is 0 Å². The fourth-order valence-electron chi connectivity index (χ4n) is 2.00. The van der Waals surface area contributed by atoms with Gasteiger partial charge in [0, 0.05) is 6.20 Å². The Bertz CT molecular complexity index is 671. The van der Waals surface area contributed by atoms with Crippen molar-refractivity contribution < 1.29 is 9.07 Å². The maximum atomic E-state index is 12.9. The van der Waals surface area contributed by atoms with Crippen LogP contribution in [0, 0.1) is 5.82 Å². The number of hydrogen-bond donors (Lipinski definition) is 0. The third-order valence-electron chi connectivity index (χ3n) is 2.74. The minimum Gasteiger partial charge on any atom is -0.248 e. The molecular weight excluding hydrogens is 217 g/mol. The molecule has 3 nitrogen and oxygen atoms in total. The molecule has 3 aromatic rings. The van der Waals surface area contributed by atoms with Crippen LogP contribution < -0.4 is 4.68 Å². The van der Waals surface area contributed by atoms with Crippen molar-refractivity contribution in [2.24, 2.45) is 7.05 Å². The monoisotopic (exact) mass is 228 g/mol. The lowest BCUT2D eigenvalue weighted by atomic mass is 10.3. The van der Waals surface area contributed by atoms with Gasteiger partial charge in [-0.2, -0.15) is 0 Å². The van der Waals surface area contributed by atoms with Crippen molar-refractivity contribution in [3.8, 4) is 5.69 Å². The standard InChI is InChI=1S/C13H11FN3/c1-16-9-12-13(3-2-8-15-12)17(16)11-6-4-10(14)5-7-11/h2-9H,1H3/q+1. The molecular formula is C13H11FN3+. The van der Waals surface area contributed by atoms with Crippen molar-refractivity contribution in [3.63, 3.8) is 0 Å². The summed E-state index contributed by atoms with van der Waals surface area (Å²) in [6.45, 7) is 0. The van der Waals surface area contributed by atoms with E-state index in [9.17, 15) is 4.39 Å². The average Bonchev–Trinajstić information content (AvgIpc) is 2.66. The number of aryl methyl sites for hydroxylation is 1. The molecule has 0 saturated heterocycles. The first-order valence-corrected chi connectivity index (χ1v) is 5.34. The number of fused-ring (bicyclic) bond motifs is 1. The third kappa shape index (κ3) is 1.58. The fraction of sp³-hybridized carbons (Fsp3) is 0.0769. The molecule has 0 aliphatic rings. The summed E-state index contributed by atoms with van der Waals surface area (Å²) >= 11 is 0. The Labute approximate surface area is 97.7 Å². The van der Waals surface area contributed by atoms with E-state index in [0.717, 1.165) is 16.7 Å². The van der Waals surface area contributed by atoms with Crippen LogP contribution in [0.1, 0.15) is 0 Å². The van der Waals surface area contributed by atoms with Crippen molar-refractivity contribution >= 4 is 11.0 Å². The summed E-state index contributed by atoms with van der Waals surface area (Å²) in [5, 5.41) is 0. The van der Waals surface area contributed by atoms with Crippen LogP contribution in [0.5, 0.6) is 0 Å². The molecule has 17 heavy (non-hydrogen) atoms. The first kappa shape index (κ1) is 9.96. The van der Waals surface area contributed by atoms with Gasteiger partial charge in [0.15, 0.2) is 12.6 Å². The molecule has 3 rings (SSSR count). The third-order valence-corrected chi connectivity index (χ3v) is 2.74. The Hall–Kier alpha value is -2.23. The maximum absolute atomic E-state index is 12.9. The summed E-state index contributed by atoms with van der Waals surface area (Å²) in [6, 6.07) is 10.3. The van der Waals surface area contributed by atoms with Crippen molar-refractivity contribution in [3.05, 3.63) is 54.6 Å². The SMILES string of the molecule is C[n+]1cc2ncccc2n1-c1ccc(F)cc1. The Kier molecular flexibility index (Phi) is 2.14. The van der Waals surface area contributed by atoms with Crippen LogP contribution in [-0.2, 0) is 7.05 Å². The topological polar surface area (TPSA) is 21.7 Å². The Morgan fingerprint density at radius 1 is 1.18 bits per heavy atom. The molecule has 0 atom stereocenters. The van der Waals surface area contributed by atoms with E-state index in [1.807, 2.05) is 34.7 Å². The first-order chi connectivity index (χ1) is 8.25. The molecule has 0 N–H and O–H groups in total. The molecule has 0 spiro atoms. The van der Waals surface area contributed by atoms with E-state index in [1.165, 1.54) is 12.1 Å². The van der Waals surface area contributed by atoms with Gasteiger partial charge in [-0.05, 0) is 36.4 Å². The number of benzene rings is 1. The van der Waals surface area contributed by atoms with E-state index in [0.29, 0.717) is 0 Å². The minimum absolute atomic E-state index is 0.231. The average molecular weight is 228 g/mol. The van der Waals surface area contributed by atoms with Gasteiger partial charge in [0.2, 0.25) is 6.20 Å². The van der Waals surface area contributed by atoms with Crippen LogP contribution >= 0.6 is 0 Å². The normalized spacial score (nSPS) is 10.9. The number of aromatic nitrogens is 3. The molecule has 0 radical (unpaired) electrons. The van der Waals surface area contributed by atoms with Gasteiger partial charge in [-0.1, -0.05) is 0 Å². The summed E-state index contributed by atoms with van der Waals surface area (Å²) in [4.78, 5) is 4.29. The van der Waals surface area contributed by atoms with Crippen molar-refractivity contribution in [1.82, 2.24) is 9.67 Å². The summed E-state index contributed by atoms with van der Waals surface area (Å²) in [7, 11) is 1.94. The second-order valence-corrected chi connectivity index (χ2v) is 3.90. The van der Waals surface area contributed by atoms with Crippen LogP contribution in [-0.4, -0.2) is 9.67 Å². The quantitative estimate of drug-likeness (QED) is 0.584. The van der Waals surface area contributed by atoms with Crippen molar-refractivity contribution in [2.75, 3.05) is 0 Å². The molecule has 0 aliphatic carbocycles. The maximum Gasteiger partial charge on any atom is 0.222 e. The molecule has 0 fully saturated rings. The lowest BCUT2D eigenvalue weighted by Crippen LogP contribution is -2.36. The molecule has 2 aromatic heterocycles. The summed E-state index contributed by atoms with van der Waals surface area (Å²) in [5.74, 6) is -0.231. The lowest BCUT2D eigenvalue weighted by molar-refractivity contribution is -0.741. The number of nitrogens with zero attached hydrogens (tertiary/aromatic N) is 3. The number of rotatable bonds is 1. The molecule has 0 unspecified atom stereocenters. The summed E-state index contributed by atoms with van der Waals surface area (Å²) in [6.07, 6.45) is 3.70. The van der Waals surface area contributed by atoms with Crippen LogP contribution in [0.3, 0.4) is 0 Å². The molecule has 84 valence electrons. The van der Waals surface area contributed by atoms with Gasteiger partial charge in [-0.25, -0.2) is 9.37 Å². The smallest absolute Gasteiger partial charge is 0.222 e. The van der Waals surface area contributed by atoms with Gasteiger partial charge in [0.1, 0.15) is 17.0 Å². The zero-order valence-corrected chi connectivity index (χ0v) is 9.34. The molecule has 0 aliphatic heterocycles. The fourth-order valence-corrected chi connectivity index (χ4v) is 2.00. The van der Waals surface area contributed by atoms with Crippen LogP contribution in [0.25, 0.3) is 16.7 Å². The van der Waals surface area contributed by atoms with Crippen LogP contribution in [0.2, 0.25) is 0 Å². The van der Waals surface area contributed by atoms with E-state index in [2.05, 4.69) is 4.98 Å². The summed E-state index contributed by atoms with van der Waals surface area (Å²) < 4.78 is 16.8. The van der Waals surface area contributed by atoms with Gasteiger partial charge >= 0.3 is 0 Å². The highest BCUT2D eigenvalue weighted by Crippen LogP contribution is 2.14. The molecule has 0 amide bonds. The van der Waals surface area contributed by atoms with Crippen LogP contribution in [0.4, 0.5) is 4.39 Å². The predicted octanol–water partition coefficient (Wildman–Crippen LogP) is 1.99. The molecule has 0 bridgehead atoms. The second-order valence-electron chi connectivity index (χ2n) is 3.90. The zero-order valence-electron chi connectivity index (χ0n) is 9.34. The Morgan fingerprint density at radius 3 is 2.71 bits per heavy atom. The Morgan fingerprint density at radius 2 is 1.94 bits per heavy atom. The lowest BCUT2D eigenvalue weighted by Gasteiger charge is -2.01.